The molecule has 0 unspecified atom stereocenters. The van der Waals surface area contributed by atoms with Crippen molar-refractivity contribution in [2.75, 3.05) is 0 Å². The quantitative estimate of drug-likeness (QED) is 0.151. The maximum absolute atomic E-state index is 9.13. The third-order valence-corrected chi connectivity index (χ3v) is 15.1. The number of benzene rings is 10. The van der Waals surface area contributed by atoms with Crippen molar-refractivity contribution in [1.29, 1.82) is 0 Å². The molecule has 0 aliphatic carbocycles. The minimum Gasteiger partial charge on any atom is -0.309 e. The van der Waals surface area contributed by atoms with E-state index in [9.17, 15) is 0 Å². The van der Waals surface area contributed by atoms with E-state index in [1.54, 1.807) is 11.3 Å². The van der Waals surface area contributed by atoms with E-state index in [2.05, 4.69) is 112 Å². The number of hydrogen-bond donors (Lipinski definition) is 0. The van der Waals surface area contributed by atoms with Gasteiger partial charge in [-0.1, -0.05) is 170 Å². The number of nitrogens with zero attached hydrogens (tertiary/aromatic N) is 8. The van der Waals surface area contributed by atoms with Crippen LogP contribution in [-0.4, -0.2) is 39.0 Å². The van der Waals surface area contributed by atoms with Crippen molar-refractivity contribution < 1.29 is 6.85 Å². The molecule has 8 nitrogen and oxygen atoms in total. The zero-order chi connectivity index (χ0) is 53.8. The van der Waals surface area contributed by atoms with Crippen molar-refractivity contribution in [1.82, 2.24) is 39.0 Å². The molecule has 0 bridgehead atoms. The molecule has 0 fully saturated rings. The molecule has 0 radical (unpaired) electrons. The largest absolute Gasteiger partial charge is 0.309 e. The monoisotopic (exact) mass is 981 g/mol. The van der Waals surface area contributed by atoms with Crippen LogP contribution in [0.1, 0.15) is 6.85 Å². The first kappa shape index (κ1) is 37.8. The highest BCUT2D eigenvalue weighted by Crippen LogP contribution is 2.44. The molecule has 10 aromatic carbocycles. The average molecular weight is 982 g/mol. The number of aromatic nitrogens is 8. The normalized spacial score (nSPS) is 12.7. The van der Waals surface area contributed by atoms with Gasteiger partial charge in [-0.2, -0.15) is 0 Å². The summed E-state index contributed by atoms with van der Waals surface area (Å²) in [6, 6.07) is 69.5. The molecule has 0 spiro atoms. The topological polar surface area (TPSA) is 87.2 Å². The number of rotatable bonds is 8. The van der Waals surface area contributed by atoms with Crippen LogP contribution in [0.4, 0.5) is 0 Å². The zero-order valence-corrected chi connectivity index (χ0v) is 40.5. The molecule has 9 heteroatoms. The molecule has 350 valence electrons. The molecule has 5 aromatic heterocycles. The molecule has 0 N–H and O–H groups in total. The molecule has 0 saturated carbocycles. The SMILES string of the molecule is [2H]c1c([2H])c([2H])c(-c2nc(-c3ccc(-n4c5ccccc5c5ccc6c(c7ccccc7n6-c6ccccc6)c54)c(-c4nc(-c5ccccc5)nc(-c5ccccc5)n4)c3)nc(-c3ccc4sc5ccccc5c4c3)n2)c([2H])c1[2H]. The van der Waals surface area contributed by atoms with Crippen molar-refractivity contribution in [3.63, 3.8) is 0 Å². The van der Waals surface area contributed by atoms with Crippen LogP contribution in [0.15, 0.2) is 243 Å². The maximum Gasteiger partial charge on any atom is 0.166 e. The molecular weight excluding hydrogens is 937 g/mol. The summed E-state index contributed by atoms with van der Waals surface area (Å²) in [5.41, 5.74) is 9.17. The maximum atomic E-state index is 9.13. The lowest BCUT2D eigenvalue weighted by molar-refractivity contribution is 1.06. The van der Waals surface area contributed by atoms with Gasteiger partial charge in [0.25, 0.3) is 0 Å². The van der Waals surface area contributed by atoms with Crippen LogP contribution < -0.4 is 0 Å². The van der Waals surface area contributed by atoms with E-state index in [1.807, 2.05) is 109 Å². The Morgan fingerprint density at radius 2 is 0.853 bits per heavy atom. The van der Waals surface area contributed by atoms with Gasteiger partial charge in [-0.3, -0.25) is 0 Å². The van der Waals surface area contributed by atoms with Crippen LogP contribution in [0.3, 0.4) is 0 Å². The van der Waals surface area contributed by atoms with Gasteiger partial charge in [0.2, 0.25) is 0 Å². The van der Waals surface area contributed by atoms with Gasteiger partial charge in [0.05, 0.1) is 34.6 Å². The lowest BCUT2D eigenvalue weighted by atomic mass is 10.0. The second-order valence-corrected chi connectivity index (χ2v) is 19.4. The Kier molecular flexibility index (Phi) is 8.75. The Labute approximate surface area is 441 Å². The average Bonchev–Trinajstić information content (AvgIpc) is 4.35. The van der Waals surface area contributed by atoms with Crippen LogP contribution in [0.5, 0.6) is 0 Å². The predicted octanol–water partition coefficient (Wildman–Crippen LogP) is 16.6. The molecular formula is C66H40N8S. The summed E-state index contributed by atoms with van der Waals surface area (Å²) in [7, 11) is 0. The summed E-state index contributed by atoms with van der Waals surface area (Å²) in [6.07, 6.45) is 0. The van der Waals surface area contributed by atoms with Crippen LogP contribution >= 0.6 is 11.3 Å². The second-order valence-electron chi connectivity index (χ2n) is 18.3. The van der Waals surface area contributed by atoms with E-state index in [0.29, 0.717) is 34.2 Å². The lowest BCUT2D eigenvalue weighted by Gasteiger charge is -2.17. The van der Waals surface area contributed by atoms with Gasteiger partial charge in [0, 0.05) is 80.8 Å². The van der Waals surface area contributed by atoms with E-state index in [4.69, 9.17) is 36.8 Å². The molecule has 0 aliphatic rings. The Morgan fingerprint density at radius 3 is 1.55 bits per heavy atom. The molecule has 0 atom stereocenters. The summed E-state index contributed by atoms with van der Waals surface area (Å²) in [5.74, 6) is 1.73. The van der Waals surface area contributed by atoms with E-state index in [0.717, 1.165) is 86.3 Å². The number of hydrogen-bond acceptors (Lipinski definition) is 7. The van der Waals surface area contributed by atoms with Crippen LogP contribution in [0.2, 0.25) is 0 Å². The van der Waals surface area contributed by atoms with Gasteiger partial charge in [-0.15, -0.1) is 11.3 Å². The third kappa shape index (κ3) is 7.12. The highest BCUT2D eigenvalue weighted by molar-refractivity contribution is 7.25. The van der Waals surface area contributed by atoms with Gasteiger partial charge in [0.1, 0.15) is 0 Å². The number of thiophene rings is 1. The van der Waals surface area contributed by atoms with Gasteiger partial charge >= 0.3 is 0 Å². The number of fused-ring (bicyclic) bond motifs is 10. The summed E-state index contributed by atoms with van der Waals surface area (Å²) in [4.78, 5) is 31.0. The standard InChI is InChI=1S/C66H40N8S/c1-5-19-41(20-6-1)61-68-64(70-65(69-61)45-34-38-58-51(39-45)48-28-15-18-32-57(48)75-58)44-33-36-55(52(40-44)66-71-62(42-21-7-2-8-22-42)67-63(72-66)43-23-9-3-10-24-43)74-53-30-16-13-27-47(53)49-35-37-56-59(60(49)74)50-29-14-17-31-54(50)73(56)46-25-11-4-12-26-46/h1-40H/i1D,5D,6D,19D,20D. The minimum atomic E-state index is -0.512. The van der Waals surface area contributed by atoms with Crippen molar-refractivity contribution >= 4 is 75.1 Å². The Bertz CT molecular complexity index is 4940. The molecule has 5 heterocycles. The minimum absolute atomic E-state index is 0.0691. The lowest BCUT2D eigenvalue weighted by Crippen LogP contribution is -2.05. The molecule has 0 aliphatic heterocycles. The van der Waals surface area contributed by atoms with Gasteiger partial charge in [0.15, 0.2) is 34.9 Å². The predicted molar refractivity (Wildman–Crippen MR) is 307 cm³/mol. The van der Waals surface area contributed by atoms with Crippen molar-refractivity contribution in [3.8, 4) is 79.7 Å². The summed E-state index contributed by atoms with van der Waals surface area (Å²) < 4.78 is 51.0. The van der Waals surface area contributed by atoms with Crippen molar-refractivity contribution in [3.05, 3.63) is 243 Å². The molecule has 15 aromatic rings. The van der Waals surface area contributed by atoms with E-state index < -0.39 is 30.2 Å². The first-order valence-electron chi connectivity index (χ1n) is 27.0. The van der Waals surface area contributed by atoms with Crippen molar-refractivity contribution in [2.24, 2.45) is 0 Å². The molecule has 15 rings (SSSR count). The zero-order valence-electron chi connectivity index (χ0n) is 44.7. The fraction of sp³-hybridized carbons (Fsp3) is 0. The Balaban J connectivity index is 1.05. The fourth-order valence-corrected chi connectivity index (χ4v) is 11.7. The fourth-order valence-electron chi connectivity index (χ4n) is 10.6. The Morgan fingerprint density at radius 1 is 0.333 bits per heavy atom. The van der Waals surface area contributed by atoms with Gasteiger partial charge in [-0.05, 0) is 72.8 Å². The first-order valence-corrected chi connectivity index (χ1v) is 25.4. The molecule has 0 amide bonds. The van der Waals surface area contributed by atoms with E-state index >= 15 is 0 Å². The smallest absolute Gasteiger partial charge is 0.166 e. The summed E-state index contributed by atoms with van der Waals surface area (Å²) in [6.45, 7) is 0. The van der Waals surface area contributed by atoms with Crippen LogP contribution in [0, 0.1) is 0 Å². The van der Waals surface area contributed by atoms with Crippen LogP contribution in [0.25, 0.3) is 143 Å². The third-order valence-electron chi connectivity index (χ3n) is 13.9. The summed E-state index contributed by atoms with van der Waals surface area (Å²) in [5, 5.41) is 6.38. The Hall–Kier alpha value is -9.96. The van der Waals surface area contributed by atoms with Crippen LogP contribution in [-0.2, 0) is 0 Å². The molecule has 0 saturated heterocycles. The second kappa shape index (κ2) is 17.4. The van der Waals surface area contributed by atoms with Crippen molar-refractivity contribution in [2.45, 2.75) is 0 Å². The molecule has 75 heavy (non-hydrogen) atoms. The highest BCUT2D eigenvalue weighted by Gasteiger charge is 2.25. The highest BCUT2D eigenvalue weighted by atomic mass is 32.1. The van der Waals surface area contributed by atoms with E-state index in [-0.39, 0.29) is 23.0 Å². The summed E-state index contributed by atoms with van der Waals surface area (Å²) >= 11 is 1.69. The van der Waals surface area contributed by atoms with E-state index in [1.165, 1.54) is 0 Å². The number of para-hydroxylation sites is 3. The van der Waals surface area contributed by atoms with Gasteiger partial charge < -0.3 is 9.13 Å². The van der Waals surface area contributed by atoms with Gasteiger partial charge in [-0.25, -0.2) is 29.9 Å². The first-order chi connectivity index (χ1) is 39.3.